The molecule has 2 aromatic heterocycles. The summed E-state index contributed by atoms with van der Waals surface area (Å²) in [5, 5.41) is 12.7. The molecule has 1 aliphatic heterocycles. The van der Waals surface area contributed by atoms with Crippen molar-refractivity contribution in [1.29, 1.82) is 0 Å². The van der Waals surface area contributed by atoms with Crippen LogP contribution in [0.15, 0.2) is 47.1 Å². The predicted molar refractivity (Wildman–Crippen MR) is 112 cm³/mol. The molecule has 158 valence electrons. The highest BCUT2D eigenvalue weighted by Gasteiger charge is 2.34. The highest BCUT2D eigenvalue weighted by Crippen LogP contribution is 2.30. The molecule has 8 heteroatoms. The van der Waals surface area contributed by atoms with E-state index >= 15 is 0 Å². The second-order valence-corrected chi connectivity index (χ2v) is 8.74. The van der Waals surface area contributed by atoms with Gasteiger partial charge in [-0.05, 0) is 55.8 Å². The number of aryl methyl sites for hydroxylation is 1. The third-order valence-corrected chi connectivity index (χ3v) is 5.47. The number of hydrogen-bond donors (Lipinski definition) is 0. The molecular formula is C22H28N6O2. The van der Waals surface area contributed by atoms with Gasteiger partial charge in [-0.15, -0.1) is 5.10 Å². The summed E-state index contributed by atoms with van der Waals surface area (Å²) in [6.07, 6.45) is 1.53. The van der Waals surface area contributed by atoms with E-state index in [0.29, 0.717) is 18.8 Å². The van der Waals surface area contributed by atoms with Crippen LogP contribution in [-0.2, 0) is 5.54 Å². The van der Waals surface area contributed by atoms with Crippen LogP contribution in [0.2, 0.25) is 0 Å². The third kappa shape index (κ3) is 4.00. The number of carbonyl (C=O) groups excluding carboxylic acids is 1. The van der Waals surface area contributed by atoms with E-state index in [0.717, 1.165) is 24.5 Å². The molecule has 1 saturated heterocycles. The summed E-state index contributed by atoms with van der Waals surface area (Å²) < 4.78 is 7.18. The first-order valence-corrected chi connectivity index (χ1v) is 10.3. The second-order valence-electron chi connectivity index (χ2n) is 8.74. The molecule has 30 heavy (non-hydrogen) atoms. The van der Waals surface area contributed by atoms with Gasteiger partial charge in [0.15, 0.2) is 11.6 Å². The Labute approximate surface area is 176 Å². The third-order valence-electron chi connectivity index (χ3n) is 5.47. The molecule has 0 aliphatic carbocycles. The van der Waals surface area contributed by atoms with Crippen molar-refractivity contribution in [1.82, 2.24) is 30.0 Å². The fraction of sp³-hybridized carbons (Fsp3) is 0.455. The number of furan rings is 1. The van der Waals surface area contributed by atoms with E-state index in [1.807, 2.05) is 9.58 Å². The van der Waals surface area contributed by atoms with Crippen LogP contribution in [0.25, 0.3) is 0 Å². The highest BCUT2D eigenvalue weighted by atomic mass is 16.3. The lowest BCUT2D eigenvalue weighted by Crippen LogP contribution is -2.50. The minimum atomic E-state index is -0.237. The smallest absolute Gasteiger partial charge is 0.289 e. The van der Waals surface area contributed by atoms with Crippen LogP contribution in [0.3, 0.4) is 0 Å². The zero-order valence-corrected chi connectivity index (χ0v) is 17.9. The maximum atomic E-state index is 12.6. The summed E-state index contributed by atoms with van der Waals surface area (Å²) >= 11 is 0. The molecule has 4 rings (SSSR count). The largest absolute Gasteiger partial charge is 0.459 e. The zero-order valence-electron chi connectivity index (χ0n) is 17.9. The number of carbonyl (C=O) groups is 1. The Morgan fingerprint density at radius 1 is 1.07 bits per heavy atom. The molecule has 3 aromatic rings. The summed E-state index contributed by atoms with van der Waals surface area (Å²) in [5.41, 5.74) is 2.12. The Kier molecular flexibility index (Phi) is 5.42. The number of hydrogen-bond acceptors (Lipinski definition) is 6. The molecule has 8 nitrogen and oxygen atoms in total. The molecule has 1 atom stereocenters. The fourth-order valence-electron chi connectivity index (χ4n) is 3.85. The van der Waals surface area contributed by atoms with E-state index in [-0.39, 0.29) is 17.5 Å². The van der Waals surface area contributed by atoms with Crippen LogP contribution in [0.4, 0.5) is 0 Å². The van der Waals surface area contributed by atoms with Gasteiger partial charge in [-0.25, -0.2) is 4.68 Å². The number of nitrogens with zero attached hydrogens (tertiary/aromatic N) is 6. The predicted octanol–water partition coefficient (Wildman–Crippen LogP) is 2.88. The second kappa shape index (κ2) is 8.02. The topological polar surface area (TPSA) is 80.3 Å². The lowest BCUT2D eigenvalue weighted by Gasteiger charge is -2.39. The Morgan fingerprint density at radius 2 is 1.77 bits per heavy atom. The standard InChI is InChI=1S/C22H28N6O2/c1-16-7-9-17(10-8-16)19(20-23-24-25-28(20)22(2,3)4)26-11-13-27(14-12-26)21(29)18-6-5-15-30-18/h5-10,15,19H,11-14H2,1-4H3/t19-/m1/s1. The van der Waals surface area contributed by atoms with Crippen molar-refractivity contribution in [2.75, 3.05) is 26.2 Å². The molecule has 0 saturated carbocycles. The summed E-state index contributed by atoms with van der Waals surface area (Å²) in [6.45, 7) is 11.1. The van der Waals surface area contributed by atoms with E-state index in [1.54, 1.807) is 12.1 Å². The number of rotatable bonds is 4. The van der Waals surface area contributed by atoms with E-state index in [1.165, 1.54) is 11.8 Å². The quantitative estimate of drug-likeness (QED) is 0.660. The Morgan fingerprint density at radius 3 is 2.37 bits per heavy atom. The lowest BCUT2D eigenvalue weighted by molar-refractivity contribution is 0.0556. The van der Waals surface area contributed by atoms with Crippen LogP contribution < -0.4 is 0 Å². The maximum absolute atomic E-state index is 12.6. The minimum Gasteiger partial charge on any atom is -0.459 e. The maximum Gasteiger partial charge on any atom is 0.289 e. The zero-order chi connectivity index (χ0) is 21.3. The van der Waals surface area contributed by atoms with E-state index in [9.17, 15) is 4.79 Å². The summed E-state index contributed by atoms with van der Waals surface area (Å²) in [4.78, 5) is 16.8. The van der Waals surface area contributed by atoms with Crippen molar-refractivity contribution in [2.24, 2.45) is 0 Å². The van der Waals surface area contributed by atoms with Gasteiger partial charge in [0.25, 0.3) is 5.91 Å². The first kappa shape index (κ1) is 20.3. The van der Waals surface area contributed by atoms with E-state index < -0.39 is 0 Å². The number of piperazine rings is 1. The first-order valence-electron chi connectivity index (χ1n) is 10.3. The molecule has 1 amide bonds. The van der Waals surface area contributed by atoms with Crippen LogP contribution in [-0.4, -0.2) is 62.1 Å². The van der Waals surface area contributed by atoms with Crippen LogP contribution in [0.1, 0.15) is 54.3 Å². The number of tetrazole rings is 1. The summed E-state index contributed by atoms with van der Waals surface area (Å²) in [5.74, 6) is 1.14. The van der Waals surface area contributed by atoms with Crippen molar-refractivity contribution in [3.63, 3.8) is 0 Å². The molecule has 0 spiro atoms. The van der Waals surface area contributed by atoms with Crippen molar-refractivity contribution >= 4 is 5.91 Å². The minimum absolute atomic E-state index is 0.0638. The van der Waals surface area contributed by atoms with Crippen LogP contribution in [0.5, 0.6) is 0 Å². The van der Waals surface area contributed by atoms with Crippen LogP contribution in [0, 0.1) is 6.92 Å². The first-order chi connectivity index (χ1) is 14.3. The van der Waals surface area contributed by atoms with Crippen molar-refractivity contribution in [3.8, 4) is 0 Å². The molecule has 3 heterocycles. The molecule has 0 bridgehead atoms. The molecule has 1 aromatic carbocycles. The number of amides is 1. The molecule has 0 N–H and O–H groups in total. The van der Waals surface area contributed by atoms with Gasteiger partial charge in [-0.3, -0.25) is 9.69 Å². The molecule has 1 aliphatic rings. The van der Waals surface area contributed by atoms with Gasteiger partial charge in [0, 0.05) is 26.2 Å². The Hall–Kier alpha value is -3.00. The average molecular weight is 409 g/mol. The van der Waals surface area contributed by atoms with Gasteiger partial charge < -0.3 is 9.32 Å². The normalized spacial score (nSPS) is 16.6. The molecule has 0 radical (unpaired) electrons. The Balaban J connectivity index is 1.61. The number of aromatic nitrogens is 4. The fourth-order valence-corrected chi connectivity index (χ4v) is 3.85. The summed E-state index contributed by atoms with van der Waals surface area (Å²) in [6, 6.07) is 11.9. The van der Waals surface area contributed by atoms with Crippen molar-refractivity contribution in [3.05, 3.63) is 65.4 Å². The summed E-state index contributed by atoms with van der Waals surface area (Å²) in [7, 11) is 0. The van der Waals surface area contributed by atoms with Gasteiger partial charge in [0.05, 0.1) is 17.8 Å². The Bertz CT molecular complexity index is 980. The van der Waals surface area contributed by atoms with Gasteiger partial charge in [0.2, 0.25) is 0 Å². The average Bonchev–Trinajstić information content (AvgIpc) is 3.42. The van der Waals surface area contributed by atoms with E-state index in [2.05, 4.69) is 72.4 Å². The van der Waals surface area contributed by atoms with Gasteiger partial charge in [-0.2, -0.15) is 0 Å². The molecular weight excluding hydrogens is 380 g/mol. The SMILES string of the molecule is Cc1ccc([C@H](c2nnnn2C(C)(C)C)N2CCN(C(=O)c3ccco3)CC2)cc1. The van der Waals surface area contributed by atoms with Crippen molar-refractivity contribution in [2.45, 2.75) is 39.3 Å². The number of benzene rings is 1. The van der Waals surface area contributed by atoms with Gasteiger partial charge in [0.1, 0.15) is 0 Å². The van der Waals surface area contributed by atoms with Crippen molar-refractivity contribution < 1.29 is 9.21 Å². The van der Waals surface area contributed by atoms with Gasteiger partial charge >= 0.3 is 0 Å². The monoisotopic (exact) mass is 408 g/mol. The lowest BCUT2D eigenvalue weighted by atomic mass is 10.0. The molecule has 1 fully saturated rings. The van der Waals surface area contributed by atoms with E-state index in [4.69, 9.17) is 4.42 Å². The molecule has 0 unspecified atom stereocenters. The highest BCUT2D eigenvalue weighted by molar-refractivity contribution is 5.91. The van der Waals surface area contributed by atoms with Gasteiger partial charge in [-0.1, -0.05) is 29.8 Å². The van der Waals surface area contributed by atoms with Crippen LogP contribution >= 0.6 is 0 Å².